The molecule has 1 aromatic carbocycles. The van der Waals surface area contributed by atoms with E-state index in [1.807, 2.05) is 6.07 Å². The van der Waals surface area contributed by atoms with Gasteiger partial charge in [0.05, 0.1) is 12.6 Å². The highest BCUT2D eigenvalue weighted by atomic mass is 16.5. The lowest BCUT2D eigenvalue weighted by atomic mass is 10.0. The maximum atomic E-state index is 12.3. The van der Waals surface area contributed by atoms with Gasteiger partial charge in [0.1, 0.15) is 5.75 Å². The van der Waals surface area contributed by atoms with Crippen molar-refractivity contribution in [1.82, 2.24) is 15.5 Å². The number of ether oxygens (including phenoxy) is 1. The van der Waals surface area contributed by atoms with E-state index in [0.717, 1.165) is 17.3 Å². The number of terminal acetylenes is 1. The number of hydrogen-bond donors (Lipinski definition) is 2. The molecule has 0 unspecified atom stereocenters. The van der Waals surface area contributed by atoms with Gasteiger partial charge in [0.2, 0.25) is 0 Å². The molecule has 2 aromatic rings. The van der Waals surface area contributed by atoms with Gasteiger partial charge in [0.25, 0.3) is 5.91 Å². The minimum absolute atomic E-state index is 0.228. The molecule has 0 aliphatic carbocycles. The number of H-pyrrole nitrogens is 1. The molecule has 0 radical (unpaired) electrons. The van der Waals surface area contributed by atoms with Crippen molar-refractivity contribution in [3.05, 3.63) is 23.9 Å². The second-order valence-corrected chi connectivity index (χ2v) is 5.38. The largest absolute Gasteiger partial charge is 0.497 e. The summed E-state index contributed by atoms with van der Waals surface area (Å²) in [7, 11) is 1.59. The van der Waals surface area contributed by atoms with Crippen molar-refractivity contribution in [1.29, 1.82) is 0 Å². The lowest BCUT2D eigenvalue weighted by Crippen LogP contribution is -2.28. The van der Waals surface area contributed by atoms with E-state index in [0.29, 0.717) is 30.8 Å². The summed E-state index contributed by atoms with van der Waals surface area (Å²) < 4.78 is 5.15. The van der Waals surface area contributed by atoms with Crippen LogP contribution in [0.25, 0.3) is 10.9 Å². The van der Waals surface area contributed by atoms with Gasteiger partial charge in [-0.15, -0.1) is 12.3 Å². The zero-order chi connectivity index (χ0) is 16.3. The number of amides is 1. The fourth-order valence-corrected chi connectivity index (χ4v) is 2.43. The van der Waals surface area contributed by atoms with Crippen molar-refractivity contribution < 1.29 is 9.53 Å². The van der Waals surface area contributed by atoms with Crippen LogP contribution in [0.5, 0.6) is 5.75 Å². The van der Waals surface area contributed by atoms with Crippen LogP contribution in [-0.4, -0.2) is 35.4 Å². The number of fused-ring (bicyclic) bond motifs is 1. The minimum atomic E-state index is -0.388. The van der Waals surface area contributed by atoms with Crippen LogP contribution < -0.4 is 10.1 Å². The van der Waals surface area contributed by atoms with E-state index in [2.05, 4.69) is 31.7 Å². The summed E-state index contributed by atoms with van der Waals surface area (Å²) >= 11 is 0. The Hall–Kier alpha value is -2.88. The summed E-state index contributed by atoms with van der Waals surface area (Å²) in [5.74, 6) is 3.06. The Bertz CT molecular complexity index is 796. The monoisotopic (exact) mass is 311 g/mol. The molecule has 0 saturated heterocycles. The maximum Gasteiger partial charge on any atom is 0.272 e. The number of aromatic nitrogens is 2. The van der Waals surface area contributed by atoms with Crippen LogP contribution in [0.15, 0.2) is 28.4 Å². The van der Waals surface area contributed by atoms with Crippen LogP contribution in [0.4, 0.5) is 0 Å². The Morgan fingerprint density at radius 1 is 1.43 bits per heavy atom. The van der Waals surface area contributed by atoms with Crippen molar-refractivity contribution in [2.24, 2.45) is 10.2 Å². The molecule has 0 saturated carbocycles. The number of methoxy groups -OCH3 is 1. The van der Waals surface area contributed by atoms with Crippen molar-refractivity contribution in [3.8, 4) is 18.1 Å². The molecule has 1 amide bonds. The standard InChI is InChI=1S/C16H17N5O2/c1-3-4-7-16(20-21-16)8-9-17-15(22)14-12-6-5-11(23-2)10-13(12)18-19-14/h1,5-6,10H,4,7-9H2,2H3,(H,17,22)(H,18,19). The number of carbonyl (C=O) groups excluding carboxylic acids is 1. The van der Waals surface area contributed by atoms with Crippen molar-refractivity contribution in [2.75, 3.05) is 13.7 Å². The Morgan fingerprint density at radius 3 is 2.96 bits per heavy atom. The third-order valence-electron chi connectivity index (χ3n) is 3.85. The molecular weight excluding hydrogens is 294 g/mol. The van der Waals surface area contributed by atoms with Gasteiger partial charge >= 0.3 is 0 Å². The molecule has 0 bridgehead atoms. The fraction of sp³-hybridized carbons (Fsp3) is 0.375. The first-order valence-corrected chi connectivity index (χ1v) is 7.35. The maximum absolute atomic E-state index is 12.3. The Morgan fingerprint density at radius 2 is 2.26 bits per heavy atom. The zero-order valence-corrected chi connectivity index (χ0v) is 12.8. The van der Waals surface area contributed by atoms with Gasteiger partial charge in [-0.05, 0) is 12.1 Å². The third kappa shape index (κ3) is 3.16. The number of hydrogen-bond acceptors (Lipinski definition) is 5. The molecular formula is C16H17N5O2. The SMILES string of the molecule is C#CCCC1(CCNC(=O)c2n[nH]c3cc(OC)ccc23)N=N1. The molecule has 23 heavy (non-hydrogen) atoms. The Balaban J connectivity index is 1.60. The molecule has 7 heteroatoms. The predicted octanol–water partition coefficient (Wildman–Crippen LogP) is 2.27. The van der Waals surface area contributed by atoms with E-state index in [4.69, 9.17) is 11.2 Å². The molecule has 0 atom stereocenters. The third-order valence-corrected chi connectivity index (χ3v) is 3.85. The molecule has 0 fully saturated rings. The number of nitrogens with zero attached hydrogens (tertiary/aromatic N) is 3. The van der Waals surface area contributed by atoms with Crippen LogP contribution in [0, 0.1) is 12.3 Å². The second-order valence-electron chi connectivity index (χ2n) is 5.38. The van der Waals surface area contributed by atoms with Crippen LogP contribution >= 0.6 is 0 Å². The van der Waals surface area contributed by atoms with Gasteiger partial charge < -0.3 is 10.1 Å². The number of nitrogens with one attached hydrogen (secondary N) is 2. The summed E-state index contributed by atoms with van der Waals surface area (Å²) in [4.78, 5) is 12.3. The zero-order valence-electron chi connectivity index (χ0n) is 12.8. The minimum Gasteiger partial charge on any atom is -0.497 e. The molecule has 3 rings (SSSR count). The summed E-state index contributed by atoms with van der Waals surface area (Å²) in [6.45, 7) is 0.473. The Kier molecular flexibility index (Phi) is 3.98. The van der Waals surface area contributed by atoms with Gasteiger partial charge in [-0.1, -0.05) is 0 Å². The van der Waals surface area contributed by atoms with Crippen LogP contribution in [0.2, 0.25) is 0 Å². The molecule has 1 aliphatic heterocycles. The van der Waals surface area contributed by atoms with Gasteiger partial charge in [-0.2, -0.15) is 15.3 Å². The fourth-order valence-electron chi connectivity index (χ4n) is 2.43. The van der Waals surface area contributed by atoms with Crippen molar-refractivity contribution in [3.63, 3.8) is 0 Å². The molecule has 2 heterocycles. The highest BCUT2D eigenvalue weighted by Gasteiger charge is 2.38. The smallest absolute Gasteiger partial charge is 0.272 e. The molecule has 7 nitrogen and oxygen atoms in total. The summed E-state index contributed by atoms with van der Waals surface area (Å²) in [5.41, 5.74) is 0.734. The highest BCUT2D eigenvalue weighted by Crippen LogP contribution is 2.36. The Labute approximate surface area is 133 Å². The summed E-state index contributed by atoms with van der Waals surface area (Å²) in [5, 5.41) is 18.6. The first-order chi connectivity index (χ1) is 11.2. The number of aromatic amines is 1. The first-order valence-electron chi connectivity index (χ1n) is 7.35. The summed E-state index contributed by atoms with van der Waals surface area (Å²) in [6.07, 6.45) is 7.26. The second kappa shape index (κ2) is 6.08. The number of benzene rings is 1. The molecule has 1 aliphatic rings. The van der Waals surface area contributed by atoms with Crippen LogP contribution in [-0.2, 0) is 0 Å². The molecule has 0 spiro atoms. The average molecular weight is 311 g/mol. The van der Waals surface area contributed by atoms with E-state index in [9.17, 15) is 4.79 Å². The van der Waals surface area contributed by atoms with Crippen LogP contribution in [0.1, 0.15) is 29.8 Å². The molecule has 2 N–H and O–H groups in total. The summed E-state index contributed by atoms with van der Waals surface area (Å²) in [6, 6.07) is 5.41. The van der Waals surface area contributed by atoms with Gasteiger partial charge in [-0.3, -0.25) is 9.89 Å². The number of carbonyl (C=O) groups is 1. The molecule has 1 aromatic heterocycles. The van der Waals surface area contributed by atoms with Gasteiger partial charge in [0, 0.05) is 37.3 Å². The quantitative estimate of drug-likeness (QED) is 0.768. The lowest BCUT2D eigenvalue weighted by Gasteiger charge is -2.09. The first kappa shape index (κ1) is 15.0. The van der Waals surface area contributed by atoms with E-state index in [1.54, 1.807) is 19.2 Å². The highest BCUT2D eigenvalue weighted by molar-refractivity contribution is 6.04. The van der Waals surface area contributed by atoms with Crippen molar-refractivity contribution >= 4 is 16.8 Å². The molecule has 118 valence electrons. The van der Waals surface area contributed by atoms with E-state index < -0.39 is 0 Å². The van der Waals surface area contributed by atoms with Gasteiger partial charge in [-0.25, -0.2) is 0 Å². The van der Waals surface area contributed by atoms with Gasteiger partial charge in [0.15, 0.2) is 11.4 Å². The topological polar surface area (TPSA) is 91.7 Å². The van der Waals surface area contributed by atoms with Crippen LogP contribution in [0.3, 0.4) is 0 Å². The normalized spacial score (nSPS) is 14.4. The van der Waals surface area contributed by atoms with E-state index >= 15 is 0 Å². The average Bonchev–Trinajstić information content (AvgIpc) is 3.21. The predicted molar refractivity (Wildman–Crippen MR) is 85.2 cm³/mol. The number of rotatable bonds is 7. The van der Waals surface area contributed by atoms with Crippen molar-refractivity contribution in [2.45, 2.75) is 24.9 Å². The van der Waals surface area contributed by atoms with E-state index in [1.165, 1.54) is 0 Å². The lowest BCUT2D eigenvalue weighted by molar-refractivity contribution is 0.0948. The van der Waals surface area contributed by atoms with E-state index in [-0.39, 0.29) is 11.6 Å².